The van der Waals surface area contributed by atoms with Gasteiger partial charge in [-0.15, -0.1) is 5.10 Å². The van der Waals surface area contributed by atoms with E-state index in [1.54, 1.807) is 36.4 Å². The summed E-state index contributed by atoms with van der Waals surface area (Å²) in [6, 6.07) is 14.1. The van der Waals surface area contributed by atoms with Crippen molar-refractivity contribution in [3.63, 3.8) is 0 Å². The molecule has 2 N–H and O–H groups in total. The average molecular weight is 401 g/mol. The van der Waals surface area contributed by atoms with Gasteiger partial charge in [-0.1, -0.05) is 23.4 Å². The Morgan fingerprint density at radius 1 is 1.11 bits per heavy atom. The Morgan fingerprint density at radius 2 is 1.78 bits per heavy atom. The summed E-state index contributed by atoms with van der Waals surface area (Å²) in [4.78, 5) is 28.1. The van der Waals surface area contributed by atoms with Crippen LogP contribution in [0.2, 0.25) is 5.02 Å². The molecule has 2 aromatic carbocycles. The summed E-state index contributed by atoms with van der Waals surface area (Å²) in [7, 11) is 0. The molecule has 0 fully saturated rings. The molecule has 138 valence electrons. The van der Waals surface area contributed by atoms with Crippen LogP contribution in [0.15, 0.2) is 53.7 Å². The van der Waals surface area contributed by atoms with E-state index in [1.807, 2.05) is 19.1 Å². The highest BCUT2D eigenvalue weighted by Gasteiger charge is 2.19. The van der Waals surface area contributed by atoms with Gasteiger partial charge in [-0.2, -0.15) is 0 Å². The lowest BCUT2D eigenvalue weighted by Gasteiger charge is -2.09. The summed E-state index contributed by atoms with van der Waals surface area (Å²) < 4.78 is 0. The zero-order valence-electron chi connectivity index (χ0n) is 14.7. The van der Waals surface area contributed by atoms with Crippen molar-refractivity contribution in [3.8, 4) is 11.4 Å². The second kappa shape index (κ2) is 8.37. The fourth-order valence-corrected chi connectivity index (χ4v) is 3.33. The maximum absolute atomic E-state index is 12.6. The number of hydrogen-bond donors (Lipinski definition) is 2. The van der Waals surface area contributed by atoms with Crippen LogP contribution in [-0.2, 0) is 4.79 Å². The second-order valence-corrected chi connectivity index (χ2v) is 7.60. The highest BCUT2D eigenvalue weighted by molar-refractivity contribution is 8.00. The Kier molecular flexibility index (Phi) is 5.93. The smallest absolute Gasteiger partial charge is 0.221 e. The number of aromatic amines is 1. The molecule has 0 aliphatic rings. The van der Waals surface area contributed by atoms with Gasteiger partial charge in [0, 0.05) is 28.8 Å². The number of hydrogen-bond acceptors (Lipinski definition) is 5. The van der Waals surface area contributed by atoms with Crippen LogP contribution in [0.25, 0.3) is 11.4 Å². The first-order chi connectivity index (χ1) is 12.9. The van der Waals surface area contributed by atoms with Crippen molar-refractivity contribution in [2.24, 2.45) is 0 Å². The van der Waals surface area contributed by atoms with Crippen molar-refractivity contribution < 1.29 is 9.59 Å². The molecule has 0 saturated carbocycles. The first-order valence-corrected chi connectivity index (χ1v) is 9.45. The van der Waals surface area contributed by atoms with Crippen molar-refractivity contribution in [1.82, 2.24) is 15.2 Å². The molecular weight excluding hydrogens is 384 g/mol. The van der Waals surface area contributed by atoms with Crippen molar-refractivity contribution >= 4 is 40.7 Å². The number of anilines is 1. The van der Waals surface area contributed by atoms with Gasteiger partial charge in [0.15, 0.2) is 11.6 Å². The van der Waals surface area contributed by atoms with Crippen LogP contribution in [-0.4, -0.2) is 32.1 Å². The van der Waals surface area contributed by atoms with Gasteiger partial charge in [-0.3, -0.25) is 14.7 Å². The van der Waals surface area contributed by atoms with Crippen LogP contribution in [0.1, 0.15) is 24.2 Å². The number of rotatable bonds is 6. The average Bonchev–Trinajstić information content (AvgIpc) is 3.10. The van der Waals surface area contributed by atoms with Gasteiger partial charge in [-0.05, 0) is 55.5 Å². The number of halogens is 1. The van der Waals surface area contributed by atoms with E-state index in [2.05, 4.69) is 20.5 Å². The van der Waals surface area contributed by atoms with E-state index >= 15 is 0 Å². The number of Topliss-reactive ketones (excluding diaryl/α,β-unsaturated/α-hetero) is 1. The molecule has 8 heteroatoms. The van der Waals surface area contributed by atoms with E-state index in [0.717, 1.165) is 5.56 Å². The Labute approximate surface area is 165 Å². The number of ketones is 1. The molecule has 3 aromatic rings. The molecule has 1 unspecified atom stereocenters. The first-order valence-electron chi connectivity index (χ1n) is 8.19. The Bertz CT molecular complexity index is 955. The van der Waals surface area contributed by atoms with Gasteiger partial charge >= 0.3 is 0 Å². The standard InChI is InChI=1S/C19H17ClN4O2S/c1-11(17(26)13-5-9-16(10-6-13)21-12(2)25)27-19-22-18(23-24-19)14-3-7-15(20)8-4-14/h3-11H,1-2H3,(H,21,25)(H,22,23,24). The molecular formula is C19H17ClN4O2S. The lowest BCUT2D eigenvalue weighted by atomic mass is 10.1. The monoisotopic (exact) mass is 400 g/mol. The number of carbonyl (C=O) groups is 2. The molecule has 0 aliphatic heterocycles. The van der Waals surface area contributed by atoms with Crippen LogP contribution >= 0.6 is 23.4 Å². The highest BCUT2D eigenvalue weighted by Crippen LogP contribution is 2.25. The van der Waals surface area contributed by atoms with Gasteiger partial charge in [0.1, 0.15) is 0 Å². The minimum Gasteiger partial charge on any atom is -0.326 e. The minimum absolute atomic E-state index is 0.0350. The second-order valence-electron chi connectivity index (χ2n) is 5.86. The molecule has 3 rings (SSSR count). The van der Waals surface area contributed by atoms with Crippen LogP contribution < -0.4 is 5.32 Å². The predicted molar refractivity (Wildman–Crippen MR) is 107 cm³/mol. The molecule has 0 radical (unpaired) electrons. The number of thioether (sulfide) groups is 1. The fraction of sp³-hybridized carbons (Fsp3) is 0.158. The number of nitrogens with zero attached hydrogens (tertiary/aromatic N) is 2. The SMILES string of the molecule is CC(=O)Nc1ccc(C(=O)C(C)Sc2n[nH]c(-c3ccc(Cl)cc3)n2)cc1. The molecule has 0 aliphatic carbocycles. The largest absolute Gasteiger partial charge is 0.326 e. The fourth-order valence-electron chi connectivity index (χ4n) is 2.40. The summed E-state index contributed by atoms with van der Waals surface area (Å²) >= 11 is 7.17. The molecule has 1 amide bonds. The summed E-state index contributed by atoms with van der Waals surface area (Å²) in [5.74, 6) is 0.430. The lowest BCUT2D eigenvalue weighted by molar-refractivity contribution is -0.114. The molecule has 1 aromatic heterocycles. The van der Waals surface area contributed by atoms with Crippen LogP contribution in [0, 0.1) is 0 Å². The highest BCUT2D eigenvalue weighted by atomic mass is 35.5. The zero-order chi connectivity index (χ0) is 19.4. The molecule has 0 spiro atoms. The summed E-state index contributed by atoms with van der Waals surface area (Å²) in [6.45, 7) is 3.25. The summed E-state index contributed by atoms with van der Waals surface area (Å²) in [6.07, 6.45) is 0. The normalized spacial score (nSPS) is 11.8. The van der Waals surface area contributed by atoms with E-state index in [1.165, 1.54) is 18.7 Å². The van der Waals surface area contributed by atoms with Gasteiger partial charge < -0.3 is 5.32 Å². The predicted octanol–water partition coefficient (Wildman–Crippen LogP) is 4.45. The number of nitrogens with one attached hydrogen (secondary N) is 2. The topological polar surface area (TPSA) is 87.7 Å². The van der Waals surface area contributed by atoms with E-state index in [9.17, 15) is 9.59 Å². The Balaban J connectivity index is 1.66. The number of amides is 1. The quantitative estimate of drug-likeness (QED) is 0.471. The van der Waals surface area contributed by atoms with Crippen LogP contribution in [0.4, 0.5) is 5.69 Å². The Morgan fingerprint density at radius 3 is 2.41 bits per heavy atom. The number of H-pyrrole nitrogens is 1. The summed E-state index contributed by atoms with van der Waals surface area (Å²) in [5.41, 5.74) is 2.09. The third-order valence-corrected chi connectivity index (χ3v) is 4.94. The molecule has 1 atom stereocenters. The molecule has 0 saturated heterocycles. The van der Waals surface area contributed by atoms with E-state index < -0.39 is 0 Å². The van der Waals surface area contributed by atoms with Crippen LogP contribution in [0.3, 0.4) is 0 Å². The maximum Gasteiger partial charge on any atom is 0.221 e. The first kappa shape index (κ1) is 19.1. The van der Waals surface area contributed by atoms with Crippen molar-refractivity contribution in [2.75, 3.05) is 5.32 Å². The number of benzene rings is 2. The van der Waals surface area contributed by atoms with Crippen LogP contribution in [0.5, 0.6) is 0 Å². The van der Waals surface area contributed by atoms with Gasteiger partial charge in [-0.25, -0.2) is 4.98 Å². The third-order valence-electron chi connectivity index (χ3n) is 3.72. The van der Waals surface area contributed by atoms with Gasteiger partial charge in [0.05, 0.1) is 5.25 Å². The van der Waals surface area contributed by atoms with E-state index in [0.29, 0.717) is 27.3 Å². The minimum atomic E-state index is -0.356. The van der Waals surface area contributed by atoms with Crippen molar-refractivity contribution in [2.45, 2.75) is 24.3 Å². The summed E-state index contributed by atoms with van der Waals surface area (Å²) in [5, 5.41) is 10.5. The molecule has 27 heavy (non-hydrogen) atoms. The van der Waals surface area contributed by atoms with E-state index in [-0.39, 0.29) is 16.9 Å². The van der Waals surface area contributed by atoms with Crippen molar-refractivity contribution in [1.29, 1.82) is 0 Å². The molecule has 1 heterocycles. The number of carbonyl (C=O) groups excluding carboxylic acids is 2. The maximum atomic E-state index is 12.6. The van der Waals surface area contributed by atoms with E-state index in [4.69, 9.17) is 11.6 Å². The van der Waals surface area contributed by atoms with Crippen molar-refractivity contribution in [3.05, 3.63) is 59.1 Å². The molecule has 0 bridgehead atoms. The lowest BCUT2D eigenvalue weighted by Crippen LogP contribution is -2.14. The zero-order valence-corrected chi connectivity index (χ0v) is 16.3. The van der Waals surface area contributed by atoms with Gasteiger partial charge in [0.2, 0.25) is 11.1 Å². The third kappa shape index (κ3) is 4.96. The number of aromatic nitrogens is 3. The van der Waals surface area contributed by atoms with Gasteiger partial charge in [0.25, 0.3) is 0 Å². The Hall–Kier alpha value is -2.64. The molecule has 6 nitrogen and oxygen atoms in total.